The van der Waals surface area contributed by atoms with Crippen molar-refractivity contribution in [2.24, 2.45) is 10.2 Å². The van der Waals surface area contributed by atoms with Crippen molar-refractivity contribution in [2.45, 2.75) is 32.8 Å². The van der Waals surface area contributed by atoms with Crippen molar-refractivity contribution in [3.63, 3.8) is 0 Å². The predicted octanol–water partition coefficient (Wildman–Crippen LogP) is 3.79. The van der Waals surface area contributed by atoms with Crippen molar-refractivity contribution in [1.82, 2.24) is 15.2 Å². The molecule has 7 nitrogen and oxygen atoms in total. The van der Waals surface area contributed by atoms with Crippen LogP contribution in [0, 0.1) is 0 Å². The molecule has 154 valence electrons. The van der Waals surface area contributed by atoms with Crippen LogP contribution in [0.3, 0.4) is 0 Å². The normalized spacial score (nSPS) is 15.2. The number of carbonyl (C=O) groups excluding carboxylic acids is 1. The van der Waals surface area contributed by atoms with Gasteiger partial charge in [0.1, 0.15) is 5.60 Å². The van der Waals surface area contributed by atoms with E-state index in [1.807, 2.05) is 45.0 Å². The van der Waals surface area contributed by atoms with Crippen molar-refractivity contribution in [3.05, 3.63) is 53.0 Å². The Kier molecular flexibility index (Phi) is 6.87. The Morgan fingerprint density at radius 2 is 2.21 bits per heavy atom. The number of para-hydroxylation sites is 1. The van der Waals surface area contributed by atoms with Gasteiger partial charge in [-0.1, -0.05) is 35.6 Å². The molecule has 0 spiro atoms. The van der Waals surface area contributed by atoms with Gasteiger partial charge in [0.15, 0.2) is 0 Å². The Bertz CT molecular complexity index is 958. The summed E-state index contributed by atoms with van der Waals surface area (Å²) in [6.45, 7) is 7.80. The van der Waals surface area contributed by atoms with E-state index in [9.17, 15) is 4.79 Å². The molecule has 1 aliphatic heterocycles. The highest BCUT2D eigenvalue weighted by atomic mass is 32.1. The zero-order valence-electron chi connectivity index (χ0n) is 17.0. The SMILES string of the molecule is CC(C)(C)OC(=O)NCCCN1C=C(/C=N/N=c2/[nH]c3ccccc3s2)C=CC1. The average molecular weight is 414 g/mol. The van der Waals surface area contributed by atoms with Crippen LogP contribution in [0.25, 0.3) is 10.2 Å². The molecule has 8 heteroatoms. The van der Waals surface area contributed by atoms with E-state index < -0.39 is 5.60 Å². The minimum atomic E-state index is -0.475. The van der Waals surface area contributed by atoms with Crippen LogP contribution in [0.4, 0.5) is 4.79 Å². The number of thiazole rings is 1. The molecule has 1 aromatic heterocycles. The van der Waals surface area contributed by atoms with Gasteiger partial charge < -0.3 is 19.9 Å². The highest BCUT2D eigenvalue weighted by Gasteiger charge is 2.15. The molecule has 0 radical (unpaired) electrons. The third kappa shape index (κ3) is 6.90. The van der Waals surface area contributed by atoms with Gasteiger partial charge in [-0.2, -0.15) is 5.10 Å². The number of aromatic amines is 1. The van der Waals surface area contributed by atoms with Gasteiger partial charge in [-0.3, -0.25) is 0 Å². The quantitative estimate of drug-likeness (QED) is 0.429. The van der Waals surface area contributed by atoms with E-state index in [1.165, 1.54) is 0 Å². The molecule has 2 N–H and O–H groups in total. The van der Waals surface area contributed by atoms with Crippen molar-refractivity contribution >= 4 is 33.9 Å². The lowest BCUT2D eigenvalue weighted by molar-refractivity contribution is 0.0526. The first-order valence-electron chi connectivity index (χ1n) is 9.63. The maximum absolute atomic E-state index is 11.7. The first-order chi connectivity index (χ1) is 13.9. The molecular weight excluding hydrogens is 386 g/mol. The van der Waals surface area contributed by atoms with Crippen molar-refractivity contribution in [1.29, 1.82) is 0 Å². The smallest absolute Gasteiger partial charge is 0.407 e. The fraction of sp³-hybridized carbons (Fsp3) is 0.381. The Morgan fingerprint density at radius 3 is 3.00 bits per heavy atom. The van der Waals surface area contributed by atoms with Gasteiger partial charge in [-0.15, -0.1) is 5.10 Å². The summed E-state index contributed by atoms with van der Waals surface area (Å²) in [7, 11) is 0. The van der Waals surface area contributed by atoms with E-state index in [0.29, 0.717) is 6.54 Å². The van der Waals surface area contributed by atoms with Gasteiger partial charge in [0.25, 0.3) is 0 Å². The number of nitrogens with zero attached hydrogens (tertiary/aromatic N) is 3. The number of H-pyrrole nitrogens is 1. The lowest BCUT2D eigenvalue weighted by Gasteiger charge is -2.23. The fourth-order valence-corrected chi connectivity index (χ4v) is 3.58. The van der Waals surface area contributed by atoms with Gasteiger partial charge in [-0.05, 0) is 39.3 Å². The molecule has 1 amide bonds. The van der Waals surface area contributed by atoms with Gasteiger partial charge in [0.2, 0.25) is 4.80 Å². The second kappa shape index (κ2) is 9.56. The number of amides is 1. The van der Waals surface area contributed by atoms with Crippen LogP contribution in [-0.2, 0) is 4.74 Å². The topological polar surface area (TPSA) is 82.1 Å². The summed E-state index contributed by atoms with van der Waals surface area (Å²) in [6.07, 6.45) is 8.38. The Balaban J connectivity index is 1.48. The molecule has 2 heterocycles. The summed E-state index contributed by atoms with van der Waals surface area (Å²) in [4.78, 5) is 17.9. The standard InChI is InChI=1S/C21H27N5O2S/c1-21(2,3)28-20(27)22-11-7-13-26-12-6-8-16(15-26)14-23-25-19-24-17-9-4-5-10-18(17)29-19/h4-6,8-10,14-15H,7,11-13H2,1-3H3,(H,22,27)(H,24,25)/b23-14+. The maximum atomic E-state index is 11.7. The van der Waals surface area contributed by atoms with Gasteiger partial charge >= 0.3 is 6.09 Å². The van der Waals surface area contributed by atoms with Crippen LogP contribution < -0.4 is 10.1 Å². The number of allylic oxidation sites excluding steroid dienone is 2. The van der Waals surface area contributed by atoms with Crippen LogP contribution in [0.1, 0.15) is 27.2 Å². The highest BCUT2D eigenvalue weighted by Crippen LogP contribution is 2.12. The number of hydrogen-bond donors (Lipinski definition) is 2. The number of benzene rings is 1. The number of ether oxygens (including phenoxy) is 1. The van der Waals surface area contributed by atoms with E-state index in [2.05, 4.69) is 43.7 Å². The number of rotatable bonds is 6. The summed E-state index contributed by atoms with van der Waals surface area (Å²) in [5, 5.41) is 11.3. The third-order valence-electron chi connectivity index (χ3n) is 3.96. The molecular formula is C21H27N5O2S. The van der Waals surface area contributed by atoms with Crippen LogP contribution in [-0.4, -0.2) is 47.4 Å². The molecule has 0 saturated carbocycles. The van der Waals surface area contributed by atoms with Crippen LogP contribution >= 0.6 is 11.3 Å². The molecule has 29 heavy (non-hydrogen) atoms. The molecule has 1 aromatic carbocycles. The highest BCUT2D eigenvalue weighted by molar-refractivity contribution is 7.16. The van der Waals surface area contributed by atoms with Crippen LogP contribution in [0.2, 0.25) is 0 Å². The molecule has 2 aromatic rings. The fourth-order valence-electron chi connectivity index (χ4n) is 2.75. The largest absolute Gasteiger partial charge is 0.444 e. The lowest BCUT2D eigenvalue weighted by Crippen LogP contribution is -2.34. The zero-order valence-corrected chi connectivity index (χ0v) is 17.8. The maximum Gasteiger partial charge on any atom is 0.407 e. The third-order valence-corrected chi connectivity index (χ3v) is 4.92. The minimum Gasteiger partial charge on any atom is -0.444 e. The molecule has 0 bridgehead atoms. The summed E-state index contributed by atoms with van der Waals surface area (Å²) in [5.41, 5.74) is 1.58. The van der Waals surface area contributed by atoms with Gasteiger partial charge in [-0.25, -0.2) is 4.79 Å². The van der Waals surface area contributed by atoms with E-state index in [4.69, 9.17) is 4.74 Å². The van der Waals surface area contributed by atoms with Gasteiger partial charge in [0, 0.05) is 31.4 Å². The molecule has 0 saturated heterocycles. The van der Waals surface area contributed by atoms with Crippen molar-refractivity contribution in [3.8, 4) is 0 Å². The van der Waals surface area contributed by atoms with E-state index in [0.717, 1.165) is 40.1 Å². The van der Waals surface area contributed by atoms with Crippen LogP contribution in [0.15, 0.2) is 58.4 Å². The summed E-state index contributed by atoms with van der Waals surface area (Å²) < 4.78 is 6.39. The van der Waals surface area contributed by atoms with Crippen molar-refractivity contribution in [2.75, 3.05) is 19.6 Å². The lowest BCUT2D eigenvalue weighted by atomic mass is 10.2. The van der Waals surface area contributed by atoms with E-state index in [1.54, 1.807) is 17.6 Å². The summed E-state index contributed by atoms with van der Waals surface area (Å²) >= 11 is 1.57. The number of nitrogens with one attached hydrogen (secondary N) is 2. The van der Waals surface area contributed by atoms with Crippen molar-refractivity contribution < 1.29 is 9.53 Å². The first kappa shape index (κ1) is 20.9. The molecule has 0 fully saturated rings. The van der Waals surface area contributed by atoms with Crippen LogP contribution in [0.5, 0.6) is 0 Å². The Labute approximate surface area is 174 Å². The minimum absolute atomic E-state index is 0.376. The monoisotopic (exact) mass is 413 g/mol. The Morgan fingerprint density at radius 1 is 1.38 bits per heavy atom. The average Bonchev–Trinajstić information content (AvgIpc) is 3.07. The summed E-state index contributed by atoms with van der Waals surface area (Å²) in [5.74, 6) is 0. The number of alkyl carbamates (subject to hydrolysis) is 1. The molecule has 1 aliphatic rings. The van der Waals surface area contributed by atoms with E-state index in [-0.39, 0.29) is 6.09 Å². The molecule has 0 atom stereocenters. The number of aromatic nitrogens is 1. The molecule has 0 aliphatic carbocycles. The molecule has 3 rings (SSSR count). The predicted molar refractivity (Wildman–Crippen MR) is 118 cm³/mol. The summed E-state index contributed by atoms with van der Waals surface area (Å²) in [6, 6.07) is 8.08. The second-order valence-electron chi connectivity index (χ2n) is 7.68. The second-order valence-corrected chi connectivity index (χ2v) is 8.71. The number of fused-ring (bicyclic) bond motifs is 1. The Hall–Kier alpha value is -2.87. The van der Waals surface area contributed by atoms with E-state index >= 15 is 0 Å². The van der Waals surface area contributed by atoms with Gasteiger partial charge in [0.05, 0.1) is 16.4 Å². The first-order valence-corrected chi connectivity index (χ1v) is 10.4. The number of carbonyl (C=O) groups is 1. The molecule has 0 unspecified atom stereocenters. The zero-order chi connectivity index (χ0) is 20.7. The number of hydrogen-bond acceptors (Lipinski definition) is 6.